The lowest BCUT2D eigenvalue weighted by Crippen LogP contribution is -2.33. The van der Waals surface area contributed by atoms with Crippen molar-refractivity contribution in [2.45, 2.75) is 20.3 Å². The van der Waals surface area contributed by atoms with E-state index >= 15 is 0 Å². The fourth-order valence-electron chi connectivity index (χ4n) is 2.09. The average Bonchev–Trinajstić information content (AvgIpc) is 2.78. The van der Waals surface area contributed by atoms with Crippen molar-refractivity contribution < 1.29 is 14.3 Å². The molecule has 1 aliphatic rings. The van der Waals surface area contributed by atoms with E-state index in [-0.39, 0.29) is 36.4 Å². The largest absolute Gasteiger partial charge is 0.490 e. The van der Waals surface area contributed by atoms with Gasteiger partial charge in [-0.1, -0.05) is 0 Å². The Morgan fingerprint density at radius 2 is 1.83 bits per heavy atom. The number of fused-ring (bicyclic) bond motifs is 1. The van der Waals surface area contributed by atoms with Gasteiger partial charge in [0.1, 0.15) is 6.54 Å². The highest BCUT2D eigenvalue weighted by atomic mass is 127. The number of carbonyl (C=O) groups excluding carboxylic acids is 1. The maximum absolute atomic E-state index is 11.5. The number of guanidine groups is 1. The van der Waals surface area contributed by atoms with Crippen LogP contribution in [0, 0.1) is 0 Å². The molecule has 0 aromatic heterocycles. The molecule has 0 spiro atoms. The van der Waals surface area contributed by atoms with Crippen molar-refractivity contribution in [2.24, 2.45) is 4.99 Å². The molecule has 2 rings (SSSR count). The van der Waals surface area contributed by atoms with E-state index in [9.17, 15) is 4.79 Å². The van der Waals surface area contributed by atoms with Crippen molar-refractivity contribution >= 4 is 41.5 Å². The number of likely N-dealkylation sites (N-methyl/N-ethyl adjacent to an activating group) is 1. The van der Waals surface area contributed by atoms with Gasteiger partial charge in [0.05, 0.1) is 13.2 Å². The van der Waals surface area contributed by atoms with Crippen molar-refractivity contribution in [2.75, 3.05) is 38.2 Å². The first-order valence-corrected chi connectivity index (χ1v) is 7.94. The lowest BCUT2D eigenvalue weighted by molar-refractivity contribution is -0.119. The monoisotopic (exact) mass is 448 g/mol. The van der Waals surface area contributed by atoms with E-state index < -0.39 is 0 Å². The van der Waals surface area contributed by atoms with Gasteiger partial charge >= 0.3 is 0 Å². The second-order valence-corrected chi connectivity index (χ2v) is 4.99. The average molecular weight is 448 g/mol. The minimum Gasteiger partial charge on any atom is -0.490 e. The Hall–Kier alpha value is -1.71. The van der Waals surface area contributed by atoms with Crippen LogP contribution in [-0.2, 0) is 4.79 Å². The summed E-state index contributed by atoms with van der Waals surface area (Å²) in [5.41, 5.74) is 0.824. The Bertz CT molecular complexity index is 566. The summed E-state index contributed by atoms with van der Waals surface area (Å²) in [7, 11) is 0. The van der Waals surface area contributed by atoms with E-state index in [4.69, 9.17) is 9.47 Å². The summed E-state index contributed by atoms with van der Waals surface area (Å²) < 4.78 is 11.3. The van der Waals surface area contributed by atoms with E-state index in [1.807, 2.05) is 32.0 Å². The normalized spacial score (nSPS) is 13.3. The molecule has 0 unspecified atom stereocenters. The number of hydrogen-bond donors (Lipinski definition) is 3. The number of nitrogens with one attached hydrogen (secondary N) is 3. The zero-order chi connectivity index (χ0) is 16.5. The van der Waals surface area contributed by atoms with Crippen LogP contribution in [0.25, 0.3) is 0 Å². The maximum atomic E-state index is 11.5. The predicted octanol–water partition coefficient (Wildman–Crippen LogP) is 1.98. The van der Waals surface area contributed by atoms with Crippen LogP contribution in [0.4, 0.5) is 5.69 Å². The van der Waals surface area contributed by atoms with Gasteiger partial charge in [-0.15, -0.1) is 24.0 Å². The van der Waals surface area contributed by atoms with Crippen molar-refractivity contribution in [1.82, 2.24) is 10.6 Å². The van der Waals surface area contributed by atoms with Crippen molar-refractivity contribution in [3.63, 3.8) is 0 Å². The third-order valence-electron chi connectivity index (χ3n) is 3.11. The Kier molecular flexibility index (Phi) is 9.28. The fourth-order valence-corrected chi connectivity index (χ4v) is 2.09. The van der Waals surface area contributed by atoms with Crippen LogP contribution in [0.15, 0.2) is 23.2 Å². The van der Waals surface area contributed by atoms with Gasteiger partial charge < -0.3 is 25.4 Å². The molecule has 1 aliphatic heterocycles. The van der Waals surface area contributed by atoms with Gasteiger partial charge in [0, 0.05) is 31.3 Å². The summed E-state index contributed by atoms with van der Waals surface area (Å²) >= 11 is 0. The number of anilines is 1. The molecule has 0 atom stereocenters. The number of rotatable bonds is 5. The minimum atomic E-state index is -0.108. The highest BCUT2D eigenvalue weighted by Gasteiger charge is 2.11. The third kappa shape index (κ3) is 6.42. The van der Waals surface area contributed by atoms with Gasteiger partial charge in [-0.25, -0.2) is 4.99 Å². The quantitative estimate of drug-likeness (QED) is 0.365. The van der Waals surface area contributed by atoms with Crippen LogP contribution < -0.4 is 25.4 Å². The minimum absolute atomic E-state index is 0. The second kappa shape index (κ2) is 11.0. The van der Waals surface area contributed by atoms with E-state index in [0.717, 1.165) is 17.9 Å². The molecule has 134 valence electrons. The highest BCUT2D eigenvalue weighted by molar-refractivity contribution is 14.0. The van der Waals surface area contributed by atoms with Gasteiger partial charge in [0.15, 0.2) is 17.5 Å². The molecular weight excluding hydrogens is 423 g/mol. The van der Waals surface area contributed by atoms with E-state index in [1.165, 1.54) is 0 Å². The molecule has 1 heterocycles. The second-order valence-electron chi connectivity index (χ2n) is 4.99. The molecule has 1 aromatic carbocycles. The molecular formula is C16H25IN4O3. The van der Waals surface area contributed by atoms with Gasteiger partial charge in [-0.05, 0) is 26.0 Å². The molecule has 0 fully saturated rings. The SMILES string of the molecule is CCNC(=O)CN=C(NCC)Nc1ccc2c(c1)OCCCO2.I. The van der Waals surface area contributed by atoms with Crippen molar-refractivity contribution in [3.8, 4) is 11.5 Å². The fraction of sp³-hybridized carbons (Fsp3) is 0.500. The Labute approximate surface area is 159 Å². The lowest BCUT2D eigenvalue weighted by Gasteiger charge is -2.13. The molecule has 1 amide bonds. The first kappa shape index (κ1) is 20.3. The number of halogens is 1. The maximum Gasteiger partial charge on any atom is 0.241 e. The van der Waals surface area contributed by atoms with Gasteiger partial charge in [0.25, 0.3) is 0 Å². The molecule has 7 nitrogen and oxygen atoms in total. The zero-order valence-electron chi connectivity index (χ0n) is 14.1. The summed E-state index contributed by atoms with van der Waals surface area (Å²) in [6, 6.07) is 5.64. The first-order chi connectivity index (χ1) is 11.2. The number of ether oxygens (including phenoxy) is 2. The first-order valence-electron chi connectivity index (χ1n) is 7.94. The van der Waals surface area contributed by atoms with Crippen LogP contribution in [0.5, 0.6) is 11.5 Å². The van der Waals surface area contributed by atoms with Crippen LogP contribution >= 0.6 is 24.0 Å². The summed E-state index contributed by atoms with van der Waals surface area (Å²) in [6.07, 6.45) is 0.869. The number of benzene rings is 1. The number of nitrogens with zero attached hydrogens (tertiary/aromatic N) is 1. The Morgan fingerprint density at radius 1 is 1.12 bits per heavy atom. The number of carbonyl (C=O) groups is 1. The molecule has 1 aromatic rings. The predicted molar refractivity (Wildman–Crippen MR) is 106 cm³/mol. The summed E-state index contributed by atoms with van der Waals surface area (Å²) in [6.45, 7) is 6.53. The van der Waals surface area contributed by atoms with Crippen LogP contribution in [0.3, 0.4) is 0 Å². The smallest absolute Gasteiger partial charge is 0.241 e. The number of amides is 1. The van der Waals surface area contributed by atoms with E-state index in [2.05, 4.69) is 20.9 Å². The van der Waals surface area contributed by atoms with Gasteiger partial charge in [-0.2, -0.15) is 0 Å². The molecule has 0 radical (unpaired) electrons. The highest BCUT2D eigenvalue weighted by Crippen LogP contribution is 2.32. The summed E-state index contributed by atoms with van der Waals surface area (Å²) in [4.78, 5) is 15.8. The molecule has 3 N–H and O–H groups in total. The molecule has 0 saturated carbocycles. The molecule has 24 heavy (non-hydrogen) atoms. The molecule has 0 saturated heterocycles. The topological polar surface area (TPSA) is 84.0 Å². The van der Waals surface area contributed by atoms with Gasteiger partial charge in [-0.3, -0.25) is 4.79 Å². The van der Waals surface area contributed by atoms with Crippen LogP contribution in [0.2, 0.25) is 0 Å². The lowest BCUT2D eigenvalue weighted by atomic mass is 10.3. The summed E-state index contributed by atoms with van der Waals surface area (Å²) in [5, 5.41) is 9.00. The molecule has 8 heteroatoms. The molecule has 0 aliphatic carbocycles. The number of hydrogen-bond acceptors (Lipinski definition) is 4. The van der Waals surface area contributed by atoms with Crippen molar-refractivity contribution in [1.29, 1.82) is 0 Å². The van der Waals surface area contributed by atoms with Crippen molar-refractivity contribution in [3.05, 3.63) is 18.2 Å². The van der Waals surface area contributed by atoms with Crippen LogP contribution in [-0.4, -0.2) is 44.7 Å². The standard InChI is InChI=1S/C16H24N4O3.HI/c1-3-17-15(21)11-19-16(18-4-2)20-12-6-7-13-14(10-12)23-9-5-8-22-13;/h6-7,10H,3-5,8-9,11H2,1-2H3,(H,17,21)(H2,18,19,20);1H. The Morgan fingerprint density at radius 3 is 2.54 bits per heavy atom. The number of aliphatic imine (C=N–C) groups is 1. The van der Waals surface area contributed by atoms with Gasteiger partial charge in [0.2, 0.25) is 5.91 Å². The summed E-state index contributed by atoms with van der Waals surface area (Å²) in [5.74, 6) is 1.90. The third-order valence-corrected chi connectivity index (χ3v) is 3.11. The Balaban J connectivity index is 0.00000288. The molecule has 0 bridgehead atoms. The van der Waals surface area contributed by atoms with E-state index in [0.29, 0.717) is 38.0 Å². The van der Waals surface area contributed by atoms with E-state index in [1.54, 1.807) is 0 Å². The zero-order valence-corrected chi connectivity index (χ0v) is 16.4. The van der Waals surface area contributed by atoms with Crippen LogP contribution in [0.1, 0.15) is 20.3 Å².